The van der Waals surface area contributed by atoms with Crippen LogP contribution in [0.2, 0.25) is 5.02 Å². The fourth-order valence-corrected chi connectivity index (χ4v) is 3.74. The van der Waals surface area contributed by atoms with Crippen molar-refractivity contribution in [2.24, 2.45) is 0 Å². The number of sulfonamides is 1. The molecule has 8 heteroatoms. The lowest BCUT2D eigenvalue weighted by atomic mass is 10.3. The predicted molar refractivity (Wildman–Crippen MR) is 79.7 cm³/mol. The SMILES string of the molecule is CNCCCCS(=O)(=O)Nc1c(Cl)cc(F)cc1Br. The third-order valence-electron chi connectivity index (χ3n) is 2.35. The zero-order valence-electron chi connectivity index (χ0n) is 10.3. The molecule has 0 bridgehead atoms. The van der Waals surface area contributed by atoms with Crippen molar-refractivity contribution in [1.82, 2.24) is 5.32 Å². The van der Waals surface area contributed by atoms with Gasteiger partial charge in [-0.15, -0.1) is 0 Å². The van der Waals surface area contributed by atoms with E-state index in [-0.39, 0.29) is 20.9 Å². The molecule has 0 atom stereocenters. The summed E-state index contributed by atoms with van der Waals surface area (Å²) in [6.07, 6.45) is 1.29. The van der Waals surface area contributed by atoms with Crippen LogP contribution in [0.1, 0.15) is 12.8 Å². The minimum absolute atomic E-state index is 0.00513. The smallest absolute Gasteiger partial charge is 0.232 e. The highest BCUT2D eigenvalue weighted by Gasteiger charge is 2.15. The minimum atomic E-state index is -3.49. The lowest BCUT2D eigenvalue weighted by molar-refractivity contribution is 0.595. The number of benzene rings is 1. The van der Waals surface area contributed by atoms with Crippen LogP contribution in [0.3, 0.4) is 0 Å². The zero-order valence-corrected chi connectivity index (χ0v) is 13.5. The molecule has 1 aromatic rings. The Labute approximate surface area is 125 Å². The molecule has 0 saturated heterocycles. The van der Waals surface area contributed by atoms with E-state index >= 15 is 0 Å². The first-order chi connectivity index (χ1) is 8.85. The zero-order chi connectivity index (χ0) is 14.5. The van der Waals surface area contributed by atoms with Crippen LogP contribution in [0, 0.1) is 5.82 Å². The van der Waals surface area contributed by atoms with Crippen molar-refractivity contribution in [3.05, 3.63) is 27.4 Å². The van der Waals surface area contributed by atoms with Gasteiger partial charge in [0.05, 0.1) is 16.5 Å². The van der Waals surface area contributed by atoms with Crippen molar-refractivity contribution >= 4 is 43.2 Å². The van der Waals surface area contributed by atoms with Crippen molar-refractivity contribution < 1.29 is 12.8 Å². The first-order valence-electron chi connectivity index (χ1n) is 5.65. The van der Waals surface area contributed by atoms with Gasteiger partial charge >= 0.3 is 0 Å². The largest absolute Gasteiger partial charge is 0.320 e. The van der Waals surface area contributed by atoms with Crippen LogP contribution in [-0.2, 0) is 10.0 Å². The maximum Gasteiger partial charge on any atom is 0.232 e. The van der Waals surface area contributed by atoms with Crippen LogP contribution in [0.4, 0.5) is 10.1 Å². The molecule has 108 valence electrons. The number of rotatable bonds is 7. The number of hydrogen-bond donors (Lipinski definition) is 2. The normalized spacial score (nSPS) is 11.6. The van der Waals surface area contributed by atoms with Gasteiger partial charge in [0.25, 0.3) is 0 Å². The molecular formula is C11H15BrClFN2O2S. The van der Waals surface area contributed by atoms with Crippen molar-refractivity contribution in [3.8, 4) is 0 Å². The Morgan fingerprint density at radius 2 is 2.05 bits per heavy atom. The molecule has 0 aliphatic carbocycles. The molecule has 0 fully saturated rings. The Morgan fingerprint density at radius 3 is 2.63 bits per heavy atom. The van der Waals surface area contributed by atoms with E-state index < -0.39 is 15.8 Å². The second kappa shape index (κ2) is 7.42. The molecular weight excluding hydrogens is 359 g/mol. The van der Waals surface area contributed by atoms with Crippen molar-refractivity contribution in [2.75, 3.05) is 24.1 Å². The van der Waals surface area contributed by atoms with Gasteiger partial charge in [-0.25, -0.2) is 12.8 Å². The Bertz CT molecular complexity index is 516. The van der Waals surface area contributed by atoms with E-state index in [2.05, 4.69) is 26.0 Å². The van der Waals surface area contributed by atoms with Gasteiger partial charge in [0, 0.05) is 4.47 Å². The molecule has 0 aliphatic heterocycles. The monoisotopic (exact) mass is 372 g/mol. The lowest BCUT2D eigenvalue weighted by Crippen LogP contribution is -2.18. The summed E-state index contributed by atoms with van der Waals surface area (Å²) < 4.78 is 39.4. The fraction of sp³-hybridized carbons (Fsp3) is 0.455. The molecule has 1 aromatic carbocycles. The summed E-state index contributed by atoms with van der Waals surface area (Å²) in [5, 5.41) is 2.96. The molecule has 19 heavy (non-hydrogen) atoms. The van der Waals surface area contributed by atoms with Crippen LogP contribution in [-0.4, -0.2) is 27.8 Å². The maximum absolute atomic E-state index is 13.0. The van der Waals surface area contributed by atoms with Crippen molar-refractivity contribution in [1.29, 1.82) is 0 Å². The summed E-state index contributed by atoms with van der Waals surface area (Å²) in [7, 11) is -1.68. The highest BCUT2D eigenvalue weighted by atomic mass is 79.9. The Hall–Kier alpha value is -0.370. The fourth-order valence-electron chi connectivity index (χ4n) is 1.44. The molecule has 0 aliphatic rings. The molecule has 0 saturated carbocycles. The second-order valence-electron chi connectivity index (χ2n) is 3.98. The Morgan fingerprint density at radius 1 is 1.37 bits per heavy atom. The Kier molecular flexibility index (Phi) is 6.52. The van der Waals surface area contributed by atoms with E-state index in [0.717, 1.165) is 25.1 Å². The molecule has 0 heterocycles. The summed E-state index contributed by atoms with van der Waals surface area (Å²) in [6.45, 7) is 0.760. The van der Waals surface area contributed by atoms with Gasteiger partial charge in [0.1, 0.15) is 5.82 Å². The third kappa shape index (κ3) is 5.64. The number of hydrogen-bond acceptors (Lipinski definition) is 3. The molecule has 1 rings (SSSR count). The van der Waals surface area contributed by atoms with E-state index in [1.807, 2.05) is 7.05 Å². The van der Waals surface area contributed by atoms with E-state index in [0.29, 0.717) is 6.42 Å². The van der Waals surface area contributed by atoms with E-state index in [1.165, 1.54) is 0 Å². The van der Waals surface area contributed by atoms with Crippen molar-refractivity contribution in [3.63, 3.8) is 0 Å². The van der Waals surface area contributed by atoms with Gasteiger partial charge in [-0.1, -0.05) is 11.6 Å². The van der Waals surface area contributed by atoms with Crippen LogP contribution < -0.4 is 10.0 Å². The number of nitrogens with one attached hydrogen (secondary N) is 2. The van der Waals surface area contributed by atoms with Gasteiger partial charge in [0.2, 0.25) is 10.0 Å². The molecule has 4 nitrogen and oxygen atoms in total. The van der Waals surface area contributed by atoms with Crippen LogP contribution in [0.25, 0.3) is 0 Å². The van der Waals surface area contributed by atoms with Gasteiger partial charge in [-0.2, -0.15) is 0 Å². The van der Waals surface area contributed by atoms with Gasteiger partial charge in [0.15, 0.2) is 0 Å². The summed E-state index contributed by atoms with van der Waals surface area (Å²) >= 11 is 8.90. The molecule has 0 aromatic heterocycles. The summed E-state index contributed by atoms with van der Waals surface area (Å²) in [5.74, 6) is -0.539. The molecule has 0 amide bonds. The highest BCUT2D eigenvalue weighted by Crippen LogP contribution is 2.32. The first-order valence-corrected chi connectivity index (χ1v) is 8.47. The molecule has 2 N–H and O–H groups in total. The quantitative estimate of drug-likeness (QED) is 0.722. The standard InChI is InChI=1S/C11H15BrClFN2O2S/c1-15-4-2-3-5-19(17,18)16-11-9(12)6-8(14)7-10(11)13/h6-7,15-16H,2-5H2,1H3. The molecule has 0 radical (unpaired) electrons. The predicted octanol–water partition coefficient (Wildman–Crippen LogP) is 2.98. The molecule has 0 spiro atoms. The van der Waals surface area contributed by atoms with Crippen LogP contribution in [0.5, 0.6) is 0 Å². The first kappa shape index (κ1) is 16.7. The average molecular weight is 374 g/mol. The topological polar surface area (TPSA) is 58.2 Å². The van der Waals surface area contributed by atoms with Gasteiger partial charge in [-0.3, -0.25) is 4.72 Å². The van der Waals surface area contributed by atoms with E-state index in [4.69, 9.17) is 11.6 Å². The third-order valence-corrected chi connectivity index (χ3v) is 4.62. The van der Waals surface area contributed by atoms with Gasteiger partial charge < -0.3 is 5.32 Å². The van der Waals surface area contributed by atoms with Gasteiger partial charge in [-0.05, 0) is 54.5 Å². The minimum Gasteiger partial charge on any atom is -0.320 e. The molecule has 0 unspecified atom stereocenters. The lowest BCUT2D eigenvalue weighted by Gasteiger charge is -2.11. The summed E-state index contributed by atoms with van der Waals surface area (Å²) in [4.78, 5) is 0. The number of halogens is 3. The van der Waals surface area contributed by atoms with E-state index in [9.17, 15) is 12.8 Å². The van der Waals surface area contributed by atoms with Crippen molar-refractivity contribution in [2.45, 2.75) is 12.8 Å². The number of unbranched alkanes of at least 4 members (excludes halogenated alkanes) is 1. The number of anilines is 1. The average Bonchev–Trinajstić information content (AvgIpc) is 2.29. The Balaban J connectivity index is 2.73. The van der Waals surface area contributed by atoms with Crippen LogP contribution in [0.15, 0.2) is 16.6 Å². The summed E-state index contributed by atoms with van der Waals surface area (Å²) in [6, 6.07) is 2.22. The van der Waals surface area contributed by atoms with E-state index in [1.54, 1.807) is 0 Å². The summed E-state index contributed by atoms with van der Waals surface area (Å²) in [5.41, 5.74) is 0.164. The highest BCUT2D eigenvalue weighted by molar-refractivity contribution is 9.10. The maximum atomic E-state index is 13.0. The second-order valence-corrected chi connectivity index (χ2v) is 7.08. The van der Waals surface area contributed by atoms with Crippen LogP contribution >= 0.6 is 27.5 Å².